The van der Waals surface area contributed by atoms with Crippen LogP contribution in [0.4, 0.5) is 34.1 Å². The molecule has 380 valence electrons. The number of amides is 1. The van der Waals surface area contributed by atoms with Crippen molar-refractivity contribution in [3.05, 3.63) is 166 Å². The van der Waals surface area contributed by atoms with Gasteiger partial charge in [0.15, 0.2) is 5.75 Å². The molecule has 0 saturated heterocycles. The van der Waals surface area contributed by atoms with E-state index in [-0.39, 0.29) is 92.8 Å². The second-order valence-corrected chi connectivity index (χ2v) is 19.3. The molecule has 0 heterocycles. The molecule has 0 fully saturated rings. The van der Waals surface area contributed by atoms with E-state index in [4.69, 9.17) is 32.7 Å². The number of phenols is 1. The number of ether oxygens (including phenoxy) is 2. The zero-order valence-electron chi connectivity index (χ0n) is 40.1. The molecule has 8 aromatic carbocycles. The average Bonchev–Trinajstić information content (AvgIpc) is 3.35. The first kappa shape index (κ1) is 57.9. The quantitative estimate of drug-likeness (QED) is 0.0260. The molecule has 8 aromatic rings. The number of nitrogens with zero attached hydrogens (tertiary/aromatic N) is 5. The maximum atomic E-state index is 13.4. The van der Waals surface area contributed by atoms with Crippen LogP contribution >= 0.6 is 23.2 Å². The summed E-state index contributed by atoms with van der Waals surface area (Å²) < 4.78 is 78.0. The third-order valence-electron chi connectivity index (χ3n) is 10.8. The Morgan fingerprint density at radius 2 is 1.11 bits per heavy atom. The summed E-state index contributed by atoms with van der Waals surface area (Å²) in [7, 11) is -9.48. The van der Waals surface area contributed by atoms with Crippen molar-refractivity contribution in [1.82, 2.24) is 0 Å². The largest absolute Gasteiger partial charge is 2.00 e. The number of nitrogens with one attached hydrogen (secondary N) is 1. The van der Waals surface area contributed by atoms with Crippen molar-refractivity contribution < 1.29 is 55.5 Å². The predicted octanol–water partition coefficient (Wildman–Crippen LogP) is 11.8. The van der Waals surface area contributed by atoms with E-state index in [1.165, 1.54) is 36.4 Å². The Bertz CT molecular complexity index is 3830. The number of aromatic hydroxyl groups is 1. The van der Waals surface area contributed by atoms with Crippen LogP contribution in [0.25, 0.3) is 21.5 Å². The molecule has 0 aliphatic heterocycles. The van der Waals surface area contributed by atoms with Gasteiger partial charge in [-0.15, -0.1) is 15.3 Å². The molecule has 8 rings (SSSR count). The molecular formula is C52H42BaCl2N6O12S2. The van der Waals surface area contributed by atoms with Gasteiger partial charge < -0.3 is 30.1 Å². The van der Waals surface area contributed by atoms with Crippen molar-refractivity contribution >= 4 is 160 Å². The maximum Gasteiger partial charge on any atom is 2.00 e. The molecule has 0 radical (unpaired) electrons. The number of rotatable bonds is 14. The molecular weight excluding hydrogens is 1170 g/mol. The Hall–Kier alpha value is -6.41. The molecule has 18 nitrogen and oxygen atoms in total. The normalized spacial score (nSPS) is 11.9. The Morgan fingerprint density at radius 1 is 0.627 bits per heavy atom. The van der Waals surface area contributed by atoms with Gasteiger partial charge in [-0.1, -0.05) is 102 Å². The number of carbonyl (C=O) groups excluding carboxylic acids is 1. The van der Waals surface area contributed by atoms with Gasteiger partial charge >= 0.3 is 48.9 Å². The number of benzene rings is 8. The van der Waals surface area contributed by atoms with Crippen LogP contribution in [-0.2, 0) is 20.2 Å². The van der Waals surface area contributed by atoms with E-state index < -0.39 is 53.3 Å². The van der Waals surface area contributed by atoms with Gasteiger partial charge in [-0.2, -0.15) is 21.9 Å². The molecule has 75 heavy (non-hydrogen) atoms. The van der Waals surface area contributed by atoms with Crippen molar-refractivity contribution in [2.75, 3.05) is 18.5 Å². The molecule has 1 amide bonds. The zero-order valence-corrected chi connectivity index (χ0v) is 47.7. The molecule has 0 spiro atoms. The average molecular weight is 1220 g/mol. The van der Waals surface area contributed by atoms with Gasteiger partial charge in [0, 0.05) is 28.6 Å². The van der Waals surface area contributed by atoms with Crippen LogP contribution in [0, 0.1) is 13.8 Å². The van der Waals surface area contributed by atoms with Crippen molar-refractivity contribution in [3.63, 3.8) is 0 Å². The van der Waals surface area contributed by atoms with E-state index in [2.05, 4.69) is 30.8 Å². The summed E-state index contributed by atoms with van der Waals surface area (Å²) >= 11 is 12.2. The van der Waals surface area contributed by atoms with Crippen LogP contribution in [0.2, 0.25) is 10.0 Å². The Morgan fingerprint density at radius 3 is 1.64 bits per heavy atom. The summed E-state index contributed by atoms with van der Waals surface area (Å²) in [5.41, 5.74) is 0.483. The molecule has 0 atom stereocenters. The monoisotopic (exact) mass is 1210 g/mol. The first-order valence-corrected chi connectivity index (χ1v) is 25.7. The van der Waals surface area contributed by atoms with Crippen molar-refractivity contribution in [2.24, 2.45) is 25.4 Å². The van der Waals surface area contributed by atoms with Crippen LogP contribution in [0.15, 0.2) is 169 Å². The van der Waals surface area contributed by atoms with E-state index in [1.54, 1.807) is 111 Å². The first-order chi connectivity index (χ1) is 35.2. The second kappa shape index (κ2) is 25.0. The molecule has 0 aliphatic carbocycles. The van der Waals surface area contributed by atoms with Crippen LogP contribution in [0.5, 0.6) is 23.0 Å². The third kappa shape index (κ3) is 13.7. The minimum absolute atomic E-state index is 0. The van der Waals surface area contributed by atoms with Gasteiger partial charge in [0.1, 0.15) is 38.4 Å². The molecule has 0 bridgehead atoms. The Labute approximate surface area is 481 Å². The number of anilines is 1. The van der Waals surface area contributed by atoms with Crippen molar-refractivity contribution in [1.29, 1.82) is 0 Å². The SMILES string of the molecule is CCOc1cccc(N=C([O-])c2cc3ccccc3c(N=Nc3ccc(C)c(Cl)c3S(=O)(=O)O)c2[O-])c1.CCOc1cccc(NC(=O)c2cc3ccccc3c(N=Nc3ccc(C)c(Cl)c3S(=O)(=O)O)c2O)c1.[Ba+2]. The summed E-state index contributed by atoms with van der Waals surface area (Å²) in [6.07, 6.45) is 0. The molecule has 23 heteroatoms. The number of fused-ring (bicyclic) bond motifs is 2. The molecule has 0 unspecified atom stereocenters. The molecule has 0 aliphatic rings. The van der Waals surface area contributed by atoms with E-state index in [0.29, 0.717) is 68.8 Å². The van der Waals surface area contributed by atoms with E-state index in [9.17, 15) is 46.1 Å². The standard InChI is InChI=1S/2C26H22ClN3O6S.Ba/c2*1-3-36-18-9-6-8-17(14-18)28-26(32)20-13-16-7-4-5-10-19(16)23(24(20)31)30-29-21-12-11-15(2)22(27)25(21)37(33,34)35;/h2*4-14,31H,3H2,1-2H3,(H,28,32)(H,33,34,35);/q;;+2/p-2. The van der Waals surface area contributed by atoms with Gasteiger partial charge in [-0.3, -0.25) is 18.9 Å². The number of carbonyl (C=O) groups is 1. The van der Waals surface area contributed by atoms with Crippen molar-refractivity contribution in [2.45, 2.75) is 37.5 Å². The maximum absolute atomic E-state index is 13.4. The molecule has 0 saturated carbocycles. The fourth-order valence-electron chi connectivity index (χ4n) is 7.32. The van der Waals surface area contributed by atoms with Crippen LogP contribution < -0.4 is 25.0 Å². The van der Waals surface area contributed by atoms with Gasteiger partial charge in [0.05, 0.1) is 40.2 Å². The number of aryl methyl sites for hydroxylation is 2. The predicted molar refractivity (Wildman–Crippen MR) is 284 cm³/mol. The van der Waals surface area contributed by atoms with Crippen LogP contribution in [0.3, 0.4) is 0 Å². The van der Waals surface area contributed by atoms with Gasteiger partial charge in [-0.05, 0) is 110 Å². The summed E-state index contributed by atoms with van der Waals surface area (Å²) in [4.78, 5) is 15.9. The van der Waals surface area contributed by atoms with Gasteiger partial charge in [0.25, 0.3) is 26.1 Å². The summed E-state index contributed by atoms with van der Waals surface area (Å²) in [5, 5.41) is 57.7. The van der Waals surface area contributed by atoms with E-state index in [1.807, 2.05) is 13.8 Å². The number of azo groups is 2. The fraction of sp³-hybridized carbons (Fsp3) is 0.115. The summed E-state index contributed by atoms with van der Waals surface area (Å²) in [5.74, 6) is -1.51. The second-order valence-electron chi connectivity index (χ2n) is 15.9. The Balaban J connectivity index is 0.000000241. The van der Waals surface area contributed by atoms with Gasteiger partial charge in [0.2, 0.25) is 0 Å². The van der Waals surface area contributed by atoms with Crippen LogP contribution in [0.1, 0.15) is 40.9 Å². The van der Waals surface area contributed by atoms with Gasteiger partial charge in [-0.25, -0.2) is 0 Å². The number of aliphatic imine (C=N–C) groups is 1. The Kier molecular flexibility index (Phi) is 19.3. The molecule has 0 aromatic heterocycles. The van der Waals surface area contributed by atoms with E-state index in [0.717, 1.165) is 0 Å². The minimum atomic E-state index is -4.75. The minimum Gasteiger partial charge on any atom is -0.871 e. The van der Waals surface area contributed by atoms with Crippen LogP contribution in [-0.4, -0.2) is 105 Å². The smallest absolute Gasteiger partial charge is 0.871 e. The number of hydrogen-bond acceptors (Lipinski definition) is 15. The zero-order chi connectivity index (χ0) is 53.5. The molecule has 4 N–H and O–H groups in total. The topological polar surface area (TPSA) is 284 Å². The fourth-order valence-corrected chi connectivity index (χ4v) is 9.75. The number of hydrogen-bond donors (Lipinski definition) is 4. The number of phenolic OH excluding ortho intramolecular Hbond substituents is 1. The first-order valence-electron chi connectivity index (χ1n) is 22.1. The van der Waals surface area contributed by atoms with Crippen molar-refractivity contribution in [3.8, 4) is 23.0 Å². The number of halogens is 2. The summed E-state index contributed by atoms with van der Waals surface area (Å²) in [6.45, 7) is 7.70. The van der Waals surface area contributed by atoms with E-state index >= 15 is 0 Å². The third-order valence-corrected chi connectivity index (χ3v) is 13.8. The summed E-state index contributed by atoms with van der Waals surface area (Å²) in [6, 6.07) is 35.5.